The molecule has 0 unspecified atom stereocenters. The lowest BCUT2D eigenvalue weighted by Gasteiger charge is -2.37. The van der Waals surface area contributed by atoms with Crippen LogP contribution >= 0.6 is 11.6 Å². The maximum atomic E-state index is 12.8. The molecule has 1 N–H and O–H groups in total. The highest BCUT2D eigenvalue weighted by atomic mass is 35.5. The summed E-state index contributed by atoms with van der Waals surface area (Å²) >= 11 is 6.15. The predicted octanol–water partition coefficient (Wildman–Crippen LogP) is 5.12. The molecule has 6 nitrogen and oxygen atoms in total. The highest BCUT2D eigenvalue weighted by Crippen LogP contribution is 2.26. The minimum atomic E-state index is 0.175. The van der Waals surface area contributed by atoms with Crippen LogP contribution in [0, 0.1) is 11.3 Å². The zero-order valence-electron chi connectivity index (χ0n) is 21.8. The van der Waals surface area contributed by atoms with Crippen LogP contribution in [0.4, 0.5) is 11.4 Å². The van der Waals surface area contributed by atoms with Gasteiger partial charge < -0.3 is 15.1 Å². The van der Waals surface area contributed by atoms with Gasteiger partial charge in [0, 0.05) is 69.7 Å². The Bertz CT molecular complexity index is 1070. The van der Waals surface area contributed by atoms with Gasteiger partial charge in [-0.15, -0.1) is 0 Å². The molecule has 2 heterocycles. The number of piperazine rings is 1. The fourth-order valence-electron chi connectivity index (χ4n) is 5.02. The van der Waals surface area contributed by atoms with Crippen molar-refractivity contribution in [1.82, 2.24) is 9.80 Å². The Morgan fingerprint density at radius 3 is 2.28 bits per heavy atom. The van der Waals surface area contributed by atoms with E-state index in [9.17, 15) is 4.79 Å². The average Bonchev–Trinajstić information content (AvgIpc) is 2.88. The highest BCUT2D eigenvalue weighted by Gasteiger charge is 2.24. The van der Waals surface area contributed by atoms with Crippen LogP contribution in [0.5, 0.6) is 0 Å². The number of anilines is 2. The van der Waals surface area contributed by atoms with E-state index in [0.717, 1.165) is 64.3 Å². The Labute approximate surface area is 220 Å². The van der Waals surface area contributed by atoms with Gasteiger partial charge in [-0.25, -0.2) is 0 Å². The number of nitrogens with one attached hydrogen (secondary N) is 1. The highest BCUT2D eigenvalue weighted by molar-refractivity contribution is 6.32. The molecule has 0 aromatic heterocycles. The number of nitrogens with zero attached hydrogens (tertiary/aromatic N) is 4. The normalized spacial score (nSPS) is 17.6. The second kappa shape index (κ2) is 11.5. The van der Waals surface area contributed by atoms with Crippen molar-refractivity contribution >= 4 is 28.9 Å². The second-order valence-corrected chi connectivity index (χ2v) is 11.4. The molecule has 2 aliphatic heterocycles. The van der Waals surface area contributed by atoms with Crippen molar-refractivity contribution in [1.29, 1.82) is 5.26 Å². The van der Waals surface area contributed by atoms with Crippen molar-refractivity contribution in [3.8, 4) is 6.07 Å². The van der Waals surface area contributed by atoms with Crippen LogP contribution < -0.4 is 10.2 Å². The van der Waals surface area contributed by atoms with Crippen molar-refractivity contribution in [2.24, 2.45) is 0 Å². The average molecular weight is 508 g/mol. The number of benzene rings is 2. The van der Waals surface area contributed by atoms with E-state index in [4.69, 9.17) is 16.9 Å². The van der Waals surface area contributed by atoms with E-state index in [1.165, 1.54) is 11.3 Å². The SMILES string of the molecule is CC(C)(C)c1ccc(N2CCN(CCC(=O)N3CCC(Nc4ccc(C#N)c(Cl)c4)CC3)CC2)cc1. The Morgan fingerprint density at radius 2 is 1.69 bits per heavy atom. The molecule has 2 aliphatic rings. The minimum Gasteiger partial charge on any atom is -0.382 e. The predicted molar refractivity (Wildman–Crippen MR) is 148 cm³/mol. The zero-order chi connectivity index (χ0) is 25.7. The van der Waals surface area contributed by atoms with Crippen LogP contribution in [0.2, 0.25) is 5.02 Å². The molecule has 0 radical (unpaired) electrons. The molecule has 0 bridgehead atoms. The quantitative estimate of drug-likeness (QED) is 0.587. The smallest absolute Gasteiger partial charge is 0.223 e. The first-order valence-corrected chi connectivity index (χ1v) is 13.4. The van der Waals surface area contributed by atoms with E-state index in [2.05, 4.69) is 66.2 Å². The number of hydrogen-bond acceptors (Lipinski definition) is 5. The standard InChI is InChI=1S/C29H38ClN5O/c1-29(2,3)23-5-8-26(9-6-23)34-18-16-33(17-19-34)13-12-28(36)35-14-10-24(11-15-35)32-25-7-4-22(21-31)27(30)20-25/h4-9,20,24,32H,10-19H2,1-3H3. The maximum absolute atomic E-state index is 12.8. The van der Waals surface area contributed by atoms with E-state index in [-0.39, 0.29) is 11.3 Å². The number of halogens is 1. The summed E-state index contributed by atoms with van der Waals surface area (Å²) in [5.41, 5.74) is 4.24. The molecule has 0 spiro atoms. The first-order chi connectivity index (χ1) is 17.2. The van der Waals surface area contributed by atoms with Gasteiger partial charge in [-0.05, 0) is 54.2 Å². The van der Waals surface area contributed by atoms with Crippen LogP contribution in [0.25, 0.3) is 0 Å². The van der Waals surface area contributed by atoms with Crippen LogP contribution in [0.3, 0.4) is 0 Å². The third-order valence-corrected chi connectivity index (χ3v) is 7.73. The first kappa shape index (κ1) is 26.3. The molecular weight excluding hydrogens is 470 g/mol. The van der Waals surface area contributed by atoms with Crippen molar-refractivity contribution in [2.75, 3.05) is 56.0 Å². The van der Waals surface area contributed by atoms with Gasteiger partial charge in [0.1, 0.15) is 6.07 Å². The topological polar surface area (TPSA) is 62.6 Å². The van der Waals surface area contributed by atoms with Crippen LogP contribution in [-0.2, 0) is 10.2 Å². The summed E-state index contributed by atoms with van der Waals surface area (Å²) < 4.78 is 0. The fourth-order valence-corrected chi connectivity index (χ4v) is 5.24. The van der Waals surface area contributed by atoms with Crippen LogP contribution in [-0.4, -0.2) is 67.6 Å². The van der Waals surface area contributed by atoms with E-state index >= 15 is 0 Å². The number of amides is 1. The zero-order valence-corrected chi connectivity index (χ0v) is 22.5. The number of likely N-dealkylation sites (tertiary alicyclic amines) is 1. The Kier molecular flexibility index (Phi) is 8.43. The molecule has 4 rings (SSSR count). The van der Waals surface area contributed by atoms with Gasteiger partial charge >= 0.3 is 0 Å². The van der Waals surface area contributed by atoms with Gasteiger partial charge in [0.25, 0.3) is 0 Å². The largest absolute Gasteiger partial charge is 0.382 e. The first-order valence-electron chi connectivity index (χ1n) is 13.0. The third kappa shape index (κ3) is 6.72. The van der Waals surface area contributed by atoms with E-state index in [1.54, 1.807) is 12.1 Å². The molecule has 0 atom stereocenters. The Morgan fingerprint density at radius 1 is 1.03 bits per heavy atom. The molecular formula is C29H38ClN5O. The van der Waals surface area contributed by atoms with Gasteiger partial charge in [0.05, 0.1) is 10.6 Å². The molecule has 2 fully saturated rings. The minimum absolute atomic E-state index is 0.175. The van der Waals surface area contributed by atoms with E-state index in [0.29, 0.717) is 23.0 Å². The van der Waals surface area contributed by atoms with Crippen molar-refractivity contribution in [3.05, 3.63) is 58.6 Å². The summed E-state index contributed by atoms with van der Waals surface area (Å²) in [6.07, 6.45) is 2.41. The third-order valence-electron chi connectivity index (χ3n) is 7.42. The lowest BCUT2D eigenvalue weighted by molar-refractivity contribution is -0.132. The van der Waals surface area contributed by atoms with E-state index < -0.39 is 0 Å². The number of hydrogen-bond donors (Lipinski definition) is 1. The number of carbonyl (C=O) groups excluding carboxylic acids is 1. The lowest BCUT2D eigenvalue weighted by atomic mass is 9.87. The van der Waals surface area contributed by atoms with Crippen molar-refractivity contribution < 1.29 is 4.79 Å². The number of carbonyl (C=O) groups is 1. The monoisotopic (exact) mass is 507 g/mol. The second-order valence-electron chi connectivity index (χ2n) is 11.0. The number of rotatable bonds is 6. The van der Waals surface area contributed by atoms with Gasteiger partial charge in [-0.1, -0.05) is 44.5 Å². The molecule has 192 valence electrons. The summed E-state index contributed by atoms with van der Waals surface area (Å²) in [5, 5.41) is 13.0. The molecule has 7 heteroatoms. The Hall–Kier alpha value is -2.75. The summed E-state index contributed by atoms with van der Waals surface area (Å²) in [6, 6.07) is 16.8. The van der Waals surface area contributed by atoms with Crippen LogP contribution in [0.1, 0.15) is 51.2 Å². The summed E-state index contributed by atoms with van der Waals surface area (Å²) in [6.45, 7) is 13.1. The Balaban J connectivity index is 1.16. The summed E-state index contributed by atoms with van der Waals surface area (Å²) in [5.74, 6) is 0.259. The van der Waals surface area contributed by atoms with Crippen molar-refractivity contribution in [2.45, 2.75) is 51.5 Å². The van der Waals surface area contributed by atoms with Gasteiger partial charge in [0.2, 0.25) is 5.91 Å². The van der Waals surface area contributed by atoms with Gasteiger partial charge in [-0.3, -0.25) is 9.69 Å². The van der Waals surface area contributed by atoms with Crippen molar-refractivity contribution in [3.63, 3.8) is 0 Å². The molecule has 0 saturated carbocycles. The van der Waals surface area contributed by atoms with Gasteiger partial charge in [-0.2, -0.15) is 5.26 Å². The van der Waals surface area contributed by atoms with E-state index in [1.807, 2.05) is 11.0 Å². The molecule has 2 aromatic carbocycles. The molecule has 36 heavy (non-hydrogen) atoms. The summed E-state index contributed by atoms with van der Waals surface area (Å²) in [7, 11) is 0. The number of nitriles is 1. The molecule has 1 amide bonds. The fraction of sp³-hybridized carbons (Fsp3) is 0.517. The summed E-state index contributed by atoms with van der Waals surface area (Å²) in [4.78, 5) is 19.7. The maximum Gasteiger partial charge on any atom is 0.223 e. The number of piperidine rings is 1. The lowest BCUT2D eigenvalue weighted by Crippen LogP contribution is -2.48. The van der Waals surface area contributed by atoms with Crippen LogP contribution in [0.15, 0.2) is 42.5 Å². The molecule has 2 aromatic rings. The molecule has 0 aliphatic carbocycles. The van der Waals surface area contributed by atoms with Gasteiger partial charge in [0.15, 0.2) is 0 Å². The molecule has 2 saturated heterocycles.